The van der Waals surface area contributed by atoms with Crippen molar-refractivity contribution in [2.45, 2.75) is 39.3 Å². The van der Waals surface area contributed by atoms with Crippen LogP contribution in [0.4, 0.5) is 5.82 Å². The molecule has 0 bridgehead atoms. The lowest BCUT2D eigenvalue weighted by Crippen LogP contribution is -2.44. The fraction of sp³-hybridized carbons (Fsp3) is 0.529. The number of rotatable bonds is 3. The Balaban J connectivity index is 2.07. The number of aryl methyl sites for hydroxylation is 2. The van der Waals surface area contributed by atoms with Crippen LogP contribution in [-0.2, 0) is 20.6 Å². The summed E-state index contributed by atoms with van der Waals surface area (Å²) in [7, 11) is 3.00. The van der Waals surface area contributed by atoms with Crippen LogP contribution in [0.5, 0.6) is 0 Å². The van der Waals surface area contributed by atoms with E-state index in [2.05, 4.69) is 5.10 Å². The van der Waals surface area contributed by atoms with Crippen molar-refractivity contribution >= 4 is 5.82 Å². The molecule has 0 unspecified atom stereocenters. The van der Waals surface area contributed by atoms with Gasteiger partial charge in [-0.3, -0.25) is 18.6 Å². The summed E-state index contributed by atoms with van der Waals surface area (Å²) in [5, 5.41) is 14.0. The number of hydrogen-bond donors (Lipinski definition) is 0. The molecule has 2 aromatic rings. The predicted molar refractivity (Wildman–Crippen MR) is 93.7 cm³/mol. The second kappa shape index (κ2) is 6.24. The van der Waals surface area contributed by atoms with Crippen molar-refractivity contribution in [2.24, 2.45) is 14.1 Å². The Bertz CT molecular complexity index is 975. The van der Waals surface area contributed by atoms with Gasteiger partial charge in [-0.05, 0) is 32.8 Å². The van der Waals surface area contributed by atoms with Crippen LogP contribution in [0.2, 0.25) is 0 Å². The molecule has 1 aliphatic rings. The normalized spacial score (nSPS) is 17.1. The van der Waals surface area contributed by atoms with Crippen LogP contribution in [0.3, 0.4) is 0 Å². The first-order valence-electron chi connectivity index (χ1n) is 8.33. The highest BCUT2D eigenvalue weighted by Crippen LogP contribution is 2.27. The molecule has 1 fully saturated rings. The van der Waals surface area contributed by atoms with Gasteiger partial charge in [-0.25, -0.2) is 4.79 Å². The van der Waals surface area contributed by atoms with Gasteiger partial charge in [-0.2, -0.15) is 10.4 Å². The molecule has 0 amide bonds. The summed E-state index contributed by atoms with van der Waals surface area (Å²) in [6.45, 7) is 5.33. The lowest BCUT2D eigenvalue weighted by Gasteiger charge is -2.29. The van der Waals surface area contributed by atoms with Gasteiger partial charge in [-0.15, -0.1) is 0 Å². The summed E-state index contributed by atoms with van der Waals surface area (Å²) in [4.78, 5) is 26.7. The van der Waals surface area contributed by atoms with Crippen LogP contribution >= 0.6 is 0 Å². The van der Waals surface area contributed by atoms with Gasteiger partial charge in [0.1, 0.15) is 11.9 Å². The molecule has 0 N–H and O–H groups in total. The Hall–Kier alpha value is -2.82. The molecule has 3 rings (SSSR count). The standard InChI is InChI=1S/C17H22N6O2/c1-11-8-12(2)23(19-11)10-13-6-5-7-22(13)15-14(9-18)16(24)21(4)17(25)20(15)3/h8,13H,5-7,10H2,1-4H3/t13-/m1/s1. The maximum Gasteiger partial charge on any atom is 0.332 e. The molecule has 1 saturated heterocycles. The highest BCUT2D eigenvalue weighted by molar-refractivity contribution is 5.54. The molecule has 1 atom stereocenters. The summed E-state index contributed by atoms with van der Waals surface area (Å²) in [5.74, 6) is 0.416. The average Bonchev–Trinajstić information content (AvgIpc) is 3.15. The first-order chi connectivity index (χ1) is 11.8. The minimum Gasteiger partial charge on any atom is -0.352 e. The highest BCUT2D eigenvalue weighted by Gasteiger charge is 2.31. The first-order valence-corrected chi connectivity index (χ1v) is 8.33. The third-order valence-electron chi connectivity index (χ3n) is 4.88. The van der Waals surface area contributed by atoms with Crippen molar-refractivity contribution in [3.8, 4) is 6.07 Å². The largest absolute Gasteiger partial charge is 0.352 e. The van der Waals surface area contributed by atoms with Crippen LogP contribution in [0.15, 0.2) is 15.7 Å². The van der Waals surface area contributed by atoms with Gasteiger partial charge in [0.05, 0.1) is 18.3 Å². The monoisotopic (exact) mass is 342 g/mol. The maximum absolute atomic E-state index is 12.4. The van der Waals surface area contributed by atoms with E-state index in [4.69, 9.17) is 0 Å². The molecule has 0 radical (unpaired) electrons. The fourth-order valence-corrected chi connectivity index (χ4v) is 3.63. The lowest BCUT2D eigenvalue weighted by atomic mass is 10.2. The molecule has 132 valence electrons. The van der Waals surface area contributed by atoms with Crippen molar-refractivity contribution in [3.05, 3.63) is 43.9 Å². The molecule has 2 aromatic heterocycles. The minimum absolute atomic E-state index is 0.0184. The van der Waals surface area contributed by atoms with Gasteiger partial charge in [0.15, 0.2) is 5.56 Å². The quantitative estimate of drug-likeness (QED) is 0.807. The topological polar surface area (TPSA) is 88.9 Å². The summed E-state index contributed by atoms with van der Waals surface area (Å²) >= 11 is 0. The Labute approximate surface area is 145 Å². The van der Waals surface area contributed by atoms with Crippen molar-refractivity contribution in [2.75, 3.05) is 11.4 Å². The van der Waals surface area contributed by atoms with Gasteiger partial charge in [0, 0.05) is 26.3 Å². The smallest absolute Gasteiger partial charge is 0.332 e. The van der Waals surface area contributed by atoms with E-state index in [0.717, 1.165) is 28.8 Å². The zero-order valence-corrected chi connectivity index (χ0v) is 15.0. The Kier molecular flexibility index (Phi) is 4.25. The molecule has 0 spiro atoms. The van der Waals surface area contributed by atoms with E-state index in [1.165, 1.54) is 11.6 Å². The lowest BCUT2D eigenvalue weighted by molar-refractivity contribution is 0.491. The van der Waals surface area contributed by atoms with E-state index in [1.54, 1.807) is 7.05 Å². The first kappa shape index (κ1) is 17.0. The highest BCUT2D eigenvalue weighted by atomic mass is 16.2. The van der Waals surface area contributed by atoms with Crippen LogP contribution in [0.1, 0.15) is 29.8 Å². The second-order valence-corrected chi connectivity index (χ2v) is 6.61. The summed E-state index contributed by atoms with van der Waals surface area (Å²) in [6, 6.07) is 4.10. The number of hydrogen-bond acceptors (Lipinski definition) is 5. The molecule has 3 heterocycles. The van der Waals surface area contributed by atoms with Crippen LogP contribution < -0.4 is 16.1 Å². The van der Waals surface area contributed by atoms with Crippen LogP contribution in [-0.4, -0.2) is 31.5 Å². The van der Waals surface area contributed by atoms with Gasteiger partial charge in [0.25, 0.3) is 5.56 Å². The summed E-state index contributed by atoms with van der Waals surface area (Å²) in [5.41, 5.74) is 1.08. The van der Waals surface area contributed by atoms with E-state index in [1.807, 2.05) is 35.6 Å². The maximum atomic E-state index is 12.4. The fourth-order valence-electron chi connectivity index (χ4n) is 3.63. The van der Waals surface area contributed by atoms with Gasteiger partial charge < -0.3 is 4.90 Å². The molecular formula is C17H22N6O2. The predicted octanol–water partition coefficient (Wildman–Crippen LogP) is 0.438. The molecule has 1 aliphatic heterocycles. The zero-order valence-electron chi connectivity index (χ0n) is 15.0. The van der Waals surface area contributed by atoms with E-state index >= 15 is 0 Å². The summed E-state index contributed by atoms with van der Waals surface area (Å²) < 4.78 is 4.33. The average molecular weight is 342 g/mol. The minimum atomic E-state index is -0.544. The van der Waals surface area contributed by atoms with E-state index in [9.17, 15) is 14.9 Å². The molecule has 8 heteroatoms. The van der Waals surface area contributed by atoms with E-state index in [-0.39, 0.29) is 11.6 Å². The third kappa shape index (κ3) is 2.76. The van der Waals surface area contributed by atoms with E-state index in [0.29, 0.717) is 18.9 Å². The van der Waals surface area contributed by atoms with Crippen molar-refractivity contribution in [1.82, 2.24) is 18.9 Å². The Morgan fingerprint density at radius 3 is 2.60 bits per heavy atom. The number of anilines is 1. The Morgan fingerprint density at radius 2 is 2.00 bits per heavy atom. The number of nitriles is 1. The van der Waals surface area contributed by atoms with Gasteiger partial charge in [0.2, 0.25) is 0 Å². The zero-order chi connectivity index (χ0) is 18.3. The second-order valence-electron chi connectivity index (χ2n) is 6.61. The molecule has 0 aliphatic carbocycles. The van der Waals surface area contributed by atoms with Crippen molar-refractivity contribution in [1.29, 1.82) is 5.26 Å². The van der Waals surface area contributed by atoms with Crippen molar-refractivity contribution < 1.29 is 0 Å². The van der Waals surface area contributed by atoms with Gasteiger partial charge in [-0.1, -0.05) is 0 Å². The molecule has 8 nitrogen and oxygen atoms in total. The Morgan fingerprint density at radius 1 is 1.28 bits per heavy atom. The van der Waals surface area contributed by atoms with Crippen LogP contribution in [0, 0.1) is 25.2 Å². The third-order valence-corrected chi connectivity index (χ3v) is 4.88. The van der Waals surface area contributed by atoms with Crippen LogP contribution in [0.25, 0.3) is 0 Å². The number of aromatic nitrogens is 4. The molecule has 0 saturated carbocycles. The summed E-state index contributed by atoms with van der Waals surface area (Å²) in [6.07, 6.45) is 1.87. The molecule has 25 heavy (non-hydrogen) atoms. The molecular weight excluding hydrogens is 320 g/mol. The number of nitrogens with zero attached hydrogens (tertiary/aromatic N) is 6. The van der Waals surface area contributed by atoms with Crippen molar-refractivity contribution in [3.63, 3.8) is 0 Å². The molecule has 0 aromatic carbocycles. The SMILES string of the molecule is Cc1cc(C)n(C[C@H]2CCCN2c2c(C#N)c(=O)n(C)c(=O)n2C)n1. The van der Waals surface area contributed by atoms with Gasteiger partial charge >= 0.3 is 5.69 Å². The van der Waals surface area contributed by atoms with E-state index < -0.39 is 11.2 Å².